The van der Waals surface area contributed by atoms with Crippen molar-refractivity contribution < 1.29 is 4.79 Å². The molecule has 0 spiro atoms. The molecule has 23 heavy (non-hydrogen) atoms. The van der Waals surface area contributed by atoms with E-state index >= 15 is 0 Å². The summed E-state index contributed by atoms with van der Waals surface area (Å²) in [7, 11) is 0. The monoisotopic (exact) mass is 314 g/mol. The minimum Gasteiger partial charge on any atom is -0.336 e. The molecule has 0 saturated carbocycles. The lowest BCUT2D eigenvalue weighted by atomic mass is 10.1. The van der Waals surface area contributed by atoms with Crippen molar-refractivity contribution in [2.24, 2.45) is 0 Å². The average molecular weight is 314 g/mol. The first-order valence-electron chi connectivity index (χ1n) is 7.82. The third-order valence-corrected chi connectivity index (χ3v) is 3.59. The Morgan fingerprint density at radius 3 is 2.48 bits per heavy atom. The Bertz CT molecular complexity index is 693. The van der Waals surface area contributed by atoms with Gasteiger partial charge in [0, 0.05) is 31.3 Å². The van der Waals surface area contributed by atoms with Crippen LogP contribution in [0.2, 0.25) is 0 Å². The lowest BCUT2D eigenvalue weighted by molar-refractivity contribution is 0.202. The van der Waals surface area contributed by atoms with Crippen LogP contribution in [0.3, 0.4) is 0 Å². The number of aromatic nitrogens is 2. The summed E-state index contributed by atoms with van der Waals surface area (Å²) < 4.78 is 1.38. The van der Waals surface area contributed by atoms with E-state index in [1.807, 2.05) is 44.2 Å². The predicted molar refractivity (Wildman–Crippen MR) is 90.3 cm³/mol. The second-order valence-electron chi connectivity index (χ2n) is 5.05. The maximum atomic E-state index is 11.9. The quantitative estimate of drug-likeness (QED) is 0.886. The van der Waals surface area contributed by atoms with Crippen molar-refractivity contribution in [3.05, 3.63) is 52.8 Å². The van der Waals surface area contributed by atoms with Gasteiger partial charge in [-0.2, -0.15) is 5.10 Å². The molecule has 0 aliphatic rings. The van der Waals surface area contributed by atoms with Crippen molar-refractivity contribution in [3.8, 4) is 11.3 Å². The van der Waals surface area contributed by atoms with Gasteiger partial charge in [0.05, 0.1) is 12.2 Å². The van der Waals surface area contributed by atoms with Crippen LogP contribution in [-0.4, -0.2) is 40.3 Å². The Kier molecular flexibility index (Phi) is 5.91. The van der Waals surface area contributed by atoms with E-state index in [-0.39, 0.29) is 11.6 Å². The van der Waals surface area contributed by atoms with Crippen LogP contribution < -0.4 is 10.9 Å². The molecule has 1 aromatic heterocycles. The lowest BCUT2D eigenvalue weighted by Gasteiger charge is -2.19. The van der Waals surface area contributed by atoms with Crippen molar-refractivity contribution in [2.75, 3.05) is 19.6 Å². The summed E-state index contributed by atoms with van der Waals surface area (Å²) in [6.45, 7) is 5.87. The maximum Gasteiger partial charge on any atom is 0.317 e. The van der Waals surface area contributed by atoms with Crippen molar-refractivity contribution >= 4 is 6.03 Å². The zero-order valence-electron chi connectivity index (χ0n) is 13.5. The molecule has 2 rings (SSSR count). The molecule has 2 amide bonds. The van der Waals surface area contributed by atoms with Gasteiger partial charge in [-0.25, -0.2) is 9.48 Å². The minimum atomic E-state index is -0.179. The van der Waals surface area contributed by atoms with E-state index < -0.39 is 0 Å². The number of nitrogens with zero attached hydrogens (tertiary/aromatic N) is 3. The van der Waals surface area contributed by atoms with E-state index in [1.54, 1.807) is 11.0 Å². The second kappa shape index (κ2) is 8.12. The van der Waals surface area contributed by atoms with Crippen LogP contribution in [0.25, 0.3) is 11.3 Å². The summed E-state index contributed by atoms with van der Waals surface area (Å²) in [4.78, 5) is 25.5. The number of rotatable bonds is 6. The number of amides is 2. The highest BCUT2D eigenvalue weighted by Gasteiger charge is 2.08. The SMILES string of the molecule is CCN(CC)C(=O)NCCn1nc(-c2ccccc2)ccc1=O. The fraction of sp³-hybridized carbons (Fsp3) is 0.353. The highest BCUT2D eigenvalue weighted by Crippen LogP contribution is 2.13. The molecule has 1 aromatic carbocycles. The molecule has 0 atom stereocenters. The molecule has 0 bridgehead atoms. The van der Waals surface area contributed by atoms with Crippen LogP contribution in [0.1, 0.15) is 13.8 Å². The molecule has 6 heteroatoms. The molecule has 0 aliphatic carbocycles. The normalized spacial score (nSPS) is 10.3. The Balaban J connectivity index is 2.03. The number of nitrogens with one attached hydrogen (secondary N) is 1. The van der Waals surface area contributed by atoms with Crippen LogP contribution in [0.5, 0.6) is 0 Å². The fourth-order valence-electron chi connectivity index (χ4n) is 2.26. The predicted octanol–water partition coefficient (Wildman–Crippen LogP) is 1.96. The summed E-state index contributed by atoms with van der Waals surface area (Å²) in [6.07, 6.45) is 0. The van der Waals surface area contributed by atoms with E-state index in [4.69, 9.17) is 0 Å². The summed E-state index contributed by atoms with van der Waals surface area (Å²) in [5.74, 6) is 0. The first-order chi connectivity index (χ1) is 11.2. The number of carbonyl (C=O) groups is 1. The Morgan fingerprint density at radius 1 is 1.13 bits per heavy atom. The zero-order valence-corrected chi connectivity index (χ0v) is 13.5. The van der Waals surface area contributed by atoms with Crippen LogP contribution in [0.15, 0.2) is 47.3 Å². The van der Waals surface area contributed by atoms with Crippen molar-refractivity contribution in [1.29, 1.82) is 0 Å². The van der Waals surface area contributed by atoms with E-state index in [0.29, 0.717) is 26.2 Å². The Labute approximate surface area is 135 Å². The molecule has 1 heterocycles. The summed E-state index contributed by atoms with van der Waals surface area (Å²) in [6, 6.07) is 12.8. The number of benzene rings is 1. The molecule has 0 fully saturated rings. The van der Waals surface area contributed by atoms with Gasteiger partial charge in [-0.3, -0.25) is 4.79 Å². The summed E-state index contributed by atoms with van der Waals surface area (Å²) in [5.41, 5.74) is 1.51. The van der Waals surface area contributed by atoms with E-state index in [0.717, 1.165) is 11.3 Å². The number of urea groups is 1. The molecule has 0 radical (unpaired) electrons. The molecule has 6 nitrogen and oxygen atoms in total. The first-order valence-corrected chi connectivity index (χ1v) is 7.82. The van der Waals surface area contributed by atoms with Crippen molar-refractivity contribution in [2.45, 2.75) is 20.4 Å². The van der Waals surface area contributed by atoms with Gasteiger partial charge in [0.1, 0.15) is 0 Å². The van der Waals surface area contributed by atoms with Gasteiger partial charge in [0.2, 0.25) is 0 Å². The third kappa shape index (κ3) is 4.42. The minimum absolute atomic E-state index is 0.123. The van der Waals surface area contributed by atoms with Gasteiger partial charge in [-0.1, -0.05) is 30.3 Å². The average Bonchev–Trinajstić information content (AvgIpc) is 2.58. The second-order valence-corrected chi connectivity index (χ2v) is 5.05. The van der Waals surface area contributed by atoms with Gasteiger partial charge >= 0.3 is 6.03 Å². The molecule has 0 aliphatic heterocycles. The van der Waals surface area contributed by atoms with Gasteiger partial charge in [0.25, 0.3) is 5.56 Å². The first kappa shape index (κ1) is 16.7. The van der Waals surface area contributed by atoms with Crippen LogP contribution in [0.4, 0.5) is 4.79 Å². The maximum absolute atomic E-state index is 11.9. The molecular formula is C17H22N4O2. The standard InChI is InChI=1S/C17H22N4O2/c1-3-20(4-2)17(23)18-12-13-21-16(22)11-10-15(19-21)14-8-6-5-7-9-14/h5-11H,3-4,12-13H2,1-2H3,(H,18,23). The van der Waals surface area contributed by atoms with Crippen molar-refractivity contribution in [1.82, 2.24) is 20.0 Å². The molecule has 0 unspecified atom stereocenters. The molecule has 122 valence electrons. The number of hydrogen-bond donors (Lipinski definition) is 1. The van der Waals surface area contributed by atoms with E-state index in [9.17, 15) is 9.59 Å². The number of hydrogen-bond acceptors (Lipinski definition) is 3. The van der Waals surface area contributed by atoms with Gasteiger partial charge in [0.15, 0.2) is 0 Å². The summed E-state index contributed by atoms with van der Waals surface area (Å²) >= 11 is 0. The zero-order chi connectivity index (χ0) is 16.7. The molecule has 0 saturated heterocycles. The molecular weight excluding hydrogens is 292 g/mol. The van der Waals surface area contributed by atoms with E-state index in [1.165, 1.54) is 10.7 Å². The smallest absolute Gasteiger partial charge is 0.317 e. The van der Waals surface area contributed by atoms with Gasteiger partial charge < -0.3 is 10.2 Å². The highest BCUT2D eigenvalue weighted by atomic mass is 16.2. The van der Waals surface area contributed by atoms with Crippen LogP contribution in [0, 0.1) is 0 Å². The van der Waals surface area contributed by atoms with Gasteiger partial charge in [-0.05, 0) is 19.9 Å². The van der Waals surface area contributed by atoms with Crippen LogP contribution in [-0.2, 0) is 6.54 Å². The summed E-state index contributed by atoms with van der Waals surface area (Å²) in [5, 5.41) is 7.17. The third-order valence-electron chi connectivity index (χ3n) is 3.59. The lowest BCUT2D eigenvalue weighted by Crippen LogP contribution is -2.41. The molecule has 2 aromatic rings. The molecule has 1 N–H and O–H groups in total. The topological polar surface area (TPSA) is 67.2 Å². The Hall–Kier alpha value is -2.63. The van der Waals surface area contributed by atoms with Crippen molar-refractivity contribution in [3.63, 3.8) is 0 Å². The van der Waals surface area contributed by atoms with E-state index in [2.05, 4.69) is 10.4 Å². The van der Waals surface area contributed by atoms with Crippen LogP contribution >= 0.6 is 0 Å². The fourth-order valence-corrected chi connectivity index (χ4v) is 2.26. The number of carbonyl (C=O) groups excluding carboxylic acids is 1. The highest BCUT2D eigenvalue weighted by molar-refractivity contribution is 5.73. The Morgan fingerprint density at radius 2 is 1.83 bits per heavy atom. The largest absolute Gasteiger partial charge is 0.336 e. The van der Waals surface area contributed by atoms with Gasteiger partial charge in [-0.15, -0.1) is 0 Å².